The van der Waals surface area contributed by atoms with Gasteiger partial charge in [0.15, 0.2) is 9.84 Å². The van der Waals surface area contributed by atoms with Crippen molar-refractivity contribution in [3.63, 3.8) is 0 Å². The Morgan fingerprint density at radius 1 is 1.22 bits per heavy atom. The molecule has 0 radical (unpaired) electrons. The topological polar surface area (TPSA) is 63.2 Å². The van der Waals surface area contributed by atoms with E-state index in [0.717, 1.165) is 12.5 Å². The van der Waals surface area contributed by atoms with Gasteiger partial charge in [-0.1, -0.05) is 12.1 Å². The van der Waals surface area contributed by atoms with Crippen molar-refractivity contribution >= 4 is 15.7 Å². The molecule has 0 aromatic heterocycles. The molecule has 2 rings (SSSR count). The van der Waals surface area contributed by atoms with Gasteiger partial charge in [-0.05, 0) is 31.4 Å². The van der Waals surface area contributed by atoms with Crippen molar-refractivity contribution in [2.75, 3.05) is 6.54 Å². The normalized spacial score (nSPS) is 21.2. The van der Waals surface area contributed by atoms with Gasteiger partial charge in [0.05, 0.1) is 0 Å². The predicted octanol–water partition coefficient (Wildman–Crippen LogP) is 1.27. The van der Waals surface area contributed by atoms with Crippen molar-refractivity contribution in [3.8, 4) is 0 Å². The zero-order valence-corrected chi connectivity index (χ0v) is 10.5. The lowest BCUT2D eigenvalue weighted by Gasteiger charge is -2.14. The number of rotatable bonds is 2. The summed E-state index contributed by atoms with van der Waals surface area (Å²) in [6.07, 6.45) is 1.62. The number of benzene rings is 1. The summed E-state index contributed by atoms with van der Waals surface area (Å²) in [5.74, 6) is -1.34. The highest BCUT2D eigenvalue weighted by Crippen LogP contribution is 2.23. The van der Waals surface area contributed by atoms with Crippen LogP contribution < -0.4 is 5.32 Å². The summed E-state index contributed by atoms with van der Waals surface area (Å²) < 4.78 is 38.1. The molecule has 6 heteroatoms. The number of hydrogen-bond donors (Lipinski definition) is 1. The fourth-order valence-corrected chi connectivity index (χ4v) is 3.79. The standard InChI is InChI=1S/C12H14FNO3S/c13-9-5-1-2-6-10(9)18(16,17)11-7-3-4-8-14-12(11)15/h1-2,5-6,11H,3-4,7-8H2,(H,14,15). The third-order valence-electron chi connectivity index (χ3n) is 3.00. The van der Waals surface area contributed by atoms with Crippen LogP contribution in [0, 0.1) is 5.82 Å². The van der Waals surface area contributed by atoms with Gasteiger partial charge in [-0.3, -0.25) is 4.79 Å². The molecule has 1 aromatic carbocycles. The molecule has 18 heavy (non-hydrogen) atoms. The molecule has 1 aliphatic heterocycles. The lowest BCUT2D eigenvalue weighted by Crippen LogP contribution is -2.38. The van der Waals surface area contributed by atoms with Crippen LogP contribution in [0.3, 0.4) is 0 Å². The molecule has 0 spiro atoms. The predicted molar refractivity (Wildman–Crippen MR) is 64.2 cm³/mol. The van der Waals surface area contributed by atoms with Crippen molar-refractivity contribution in [2.24, 2.45) is 0 Å². The molecule has 0 saturated carbocycles. The first-order valence-corrected chi connectivity index (χ1v) is 7.34. The maximum Gasteiger partial charge on any atom is 0.238 e. The molecule has 0 aliphatic carbocycles. The molecular weight excluding hydrogens is 257 g/mol. The average Bonchev–Trinajstić information content (AvgIpc) is 2.54. The maximum absolute atomic E-state index is 13.6. The Kier molecular flexibility index (Phi) is 3.65. The lowest BCUT2D eigenvalue weighted by molar-refractivity contribution is -0.120. The van der Waals surface area contributed by atoms with Crippen LogP contribution in [0.2, 0.25) is 0 Å². The first-order valence-electron chi connectivity index (χ1n) is 5.79. The average molecular weight is 271 g/mol. The highest BCUT2D eigenvalue weighted by atomic mass is 32.2. The molecule has 1 saturated heterocycles. The zero-order chi connectivity index (χ0) is 13.2. The minimum Gasteiger partial charge on any atom is -0.355 e. The van der Waals surface area contributed by atoms with E-state index < -0.39 is 31.7 Å². The van der Waals surface area contributed by atoms with Crippen LogP contribution in [0.25, 0.3) is 0 Å². The summed E-state index contributed by atoms with van der Waals surface area (Å²) in [5, 5.41) is 1.37. The van der Waals surface area contributed by atoms with Gasteiger partial charge in [-0.15, -0.1) is 0 Å². The highest BCUT2D eigenvalue weighted by molar-refractivity contribution is 7.92. The molecule has 1 atom stereocenters. The number of amides is 1. The van der Waals surface area contributed by atoms with E-state index in [2.05, 4.69) is 5.32 Å². The molecular formula is C12H14FNO3S. The van der Waals surface area contributed by atoms with Crippen molar-refractivity contribution in [1.82, 2.24) is 5.32 Å². The number of carbonyl (C=O) groups excluding carboxylic acids is 1. The summed E-state index contributed by atoms with van der Waals surface area (Å²) in [7, 11) is -3.95. The van der Waals surface area contributed by atoms with Gasteiger partial charge in [0.2, 0.25) is 5.91 Å². The van der Waals surface area contributed by atoms with E-state index in [1.54, 1.807) is 0 Å². The number of carbonyl (C=O) groups is 1. The van der Waals surface area contributed by atoms with Crippen LogP contribution in [0.1, 0.15) is 19.3 Å². The van der Waals surface area contributed by atoms with Crippen LogP contribution >= 0.6 is 0 Å². The number of nitrogens with one attached hydrogen (secondary N) is 1. The molecule has 1 aliphatic rings. The van der Waals surface area contributed by atoms with Gasteiger partial charge in [0.1, 0.15) is 16.0 Å². The van der Waals surface area contributed by atoms with E-state index >= 15 is 0 Å². The Hall–Kier alpha value is -1.43. The summed E-state index contributed by atoms with van der Waals surface area (Å²) in [5.41, 5.74) is 0. The van der Waals surface area contributed by atoms with Gasteiger partial charge < -0.3 is 5.32 Å². The first kappa shape index (κ1) is 13.0. The molecule has 1 unspecified atom stereocenters. The van der Waals surface area contributed by atoms with Crippen LogP contribution in [0.4, 0.5) is 4.39 Å². The molecule has 1 aromatic rings. The smallest absolute Gasteiger partial charge is 0.238 e. The summed E-state index contributed by atoms with van der Waals surface area (Å²) >= 11 is 0. The minimum absolute atomic E-state index is 0.239. The van der Waals surface area contributed by atoms with E-state index in [0.29, 0.717) is 13.0 Å². The van der Waals surface area contributed by atoms with Crippen molar-refractivity contribution in [2.45, 2.75) is 29.4 Å². The van der Waals surface area contributed by atoms with Gasteiger partial charge >= 0.3 is 0 Å². The minimum atomic E-state index is -3.95. The monoisotopic (exact) mass is 271 g/mol. The fourth-order valence-electron chi connectivity index (χ4n) is 2.04. The summed E-state index contributed by atoms with van der Waals surface area (Å²) in [6, 6.07) is 5.15. The Balaban J connectivity index is 2.42. The van der Waals surface area contributed by atoms with Crippen LogP contribution in [-0.2, 0) is 14.6 Å². The van der Waals surface area contributed by atoms with Crippen molar-refractivity contribution in [1.29, 1.82) is 0 Å². The zero-order valence-electron chi connectivity index (χ0n) is 9.73. The molecule has 1 N–H and O–H groups in total. The van der Waals surface area contributed by atoms with Crippen LogP contribution in [-0.4, -0.2) is 26.1 Å². The lowest BCUT2D eigenvalue weighted by atomic mass is 10.2. The third kappa shape index (κ3) is 2.38. The van der Waals surface area contributed by atoms with E-state index in [9.17, 15) is 17.6 Å². The molecule has 98 valence electrons. The maximum atomic E-state index is 13.6. The van der Waals surface area contributed by atoms with Crippen molar-refractivity contribution < 1.29 is 17.6 Å². The van der Waals surface area contributed by atoms with Crippen LogP contribution in [0.15, 0.2) is 29.2 Å². The number of halogens is 1. The van der Waals surface area contributed by atoms with Crippen molar-refractivity contribution in [3.05, 3.63) is 30.1 Å². The second-order valence-electron chi connectivity index (χ2n) is 4.25. The summed E-state index contributed by atoms with van der Waals surface area (Å²) in [6.45, 7) is 0.474. The molecule has 1 fully saturated rings. The Bertz CT molecular complexity index is 556. The molecule has 0 bridgehead atoms. The van der Waals surface area contributed by atoms with Gasteiger partial charge in [0, 0.05) is 6.54 Å². The van der Waals surface area contributed by atoms with Gasteiger partial charge in [0.25, 0.3) is 0 Å². The number of hydrogen-bond acceptors (Lipinski definition) is 3. The van der Waals surface area contributed by atoms with Gasteiger partial charge in [-0.2, -0.15) is 0 Å². The summed E-state index contributed by atoms with van der Waals surface area (Å²) in [4.78, 5) is 11.3. The van der Waals surface area contributed by atoms with E-state index in [1.807, 2.05) is 0 Å². The van der Waals surface area contributed by atoms with E-state index in [1.165, 1.54) is 18.2 Å². The Morgan fingerprint density at radius 3 is 2.67 bits per heavy atom. The second-order valence-corrected chi connectivity index (χ2v) is 6.35. The van der Waals surface area contributed by atoms with Crippen LogP contribution in [0.5, 0.6) is 0 Å². The highest BCUT2D eigenvalue weighted by Gasteiger charge is 2.36. The SMILES string of the molecule is O=C1NCCCCC1S(=O)(=O)c1ccccc1F. The Morgan fingerprint density at radius 2 is 1.94 bits per heavy atom. The second kappa shape index (κ2) is 5.06. The quantitative estimate of drug-likeness (QED) is 0.881. The third-order valence-corrected chi connectivity index (χ3v) is 5.15. The van der Waals surface area contributed by atoms with Gasteiger partial charge in [-0.25, -0.2) is 12.8 Å². The molecule has 4 nitrogen and oxygen atoms in total. The van der Waals surface area contributed by atoms with E-state index in [4.69, 9.17) is 0 Å². The largest absolute Gasteiger partial charge is 0.355 e. The van der Waals surface area contributed by atoms with E-state index in [-0.39, 0.29) is 6.42 Å². The fraction of sp³-hybridized carbons (Fsp3) is 0.417. The molecule has 1 amide bonds. The molecule has 1 heterocycles. The number of sulfone groups is 1. The Labute approximate surface area is 105 Å². The first-order chi connectivity index (χ1) is 8.53.